The summed E-state index contributed by atoms with van der Waals surface area (Å²) in [5, 5.41) is 9.67. The molecule has 2 unspecified atom stereocenters. The van der Waals surface area contributed by atoms with E-state index >= 15 is 0 Å². The average Bonchev–Trinajstić information content (AvgIpc) is 3.18. The zero-order valence-corrected chi connectivity index (χ0v) is 16.1. The van der Waals surface area contributed by atoms with Crippen molar-refractivity contribution >= 4 is 11.9 Å². The van der Waals surface area contributed by atoms with Gasteiger partial charge < -0.3 is 19.5 Å². The van der Waals surface area contributed by atoms with Gasteiger partial charge in [0.2, 0.25) is 0 Å². The van der Waals surface area contributed by atoms with E-state index in [9.17, 15) is 14.7 Å². The lowest BCUT2D eigenvalue weighted by Crippen LogP contribution is -2.30. The summed E-state index contributed by atoms with van der Waals surface area (Å²) in [7, 11) is 1.56. The number of amides is 1. The van der Waals surface area contributed by atoms with Gasteiger partial charge in [0, 0.05) is 25.1 Å². The predicted octanol–water partition coefficient (Wildman–Crippen LogP) is 3.42. The summed E-state index contributed by atoms with van der Waals surface area (Å²) in [6, 6.07) is 14.6. The minimum Gasteiger partial charge on any atom is -0.497 e. The Labute approximate surface area is 164 Å². The molecule has 1 aliphatic heterocycles. The van der Waals surface area contributed by atoms with Gasteiger partial charge in [0.05, 0.1) is 25.2 Å². The molecule has 0 aromatic heterocycles. The topological polar surface area (TPSA) is 76.1 Å². The predicted molar refractivity (Wildman–Crippen MR) is 105 cm³/mol. The van der Waals surface area contributed by atoms with Gasteiger partial charge in [-0.25, -0.2) is 0 Å². The molecule has 3 rings (SSSR count). The normalized spacial score (nSPS) is 18.7. The van der Waals surface area contributed by atoms with Crippen molar-refractivity contribution in [1.82, 2.24) is 4.90 Å². The Bertz CT molecular complexity index is 836. The molecule has 1 aliphatic rings. The number of carboxylic acid groups (broad SMARTS) is 1. The summed E-state index contributed by atoms with van der Waals surface area (Å²) in [4.78, 5) is 26.6. The summed E-state index contributed by atoms with van der Waals surface area (Å²) >= 11 is 0. The third-order valence-corrected chi connectivity index (χ3v) is 5.03. The van der Waals surface area contributed by atoms with E-state index in [1.165, 1.54) is 0 Å². The van der Waals surface area contributed by atoms with E-state index in [1.54, 1.807) is 30.2 Å². The highest BCUT2D eigenvalue weighted by Gasteiger charge is 2.41. The maximum absolute atomic E-state index is 13.2. The van der Waals surface area contributed by atoms with E-state index in [0.717, 1.165) is 12.0 Å². The zero-order chi connectivity index (χ0) is 20.1. The van der Waals surface area contributed by atoms with Crippen molar-refractivity contribution in [3.8, 4) is 11.5 Å². The number of aliphatic carboxylic acids is 1. The smallest absolute Gasteiger partial charge is 0.308 e. The summed E-state index contributed by atoms with van der Waals surface area (Å²) in [5.41, 5.74) is 1.36. The summed E-state index contributed by atoms with van der Waals surface area (Å²) in [6.07, 6.45) is 0.811. The van der Waals surface area contributed by atoms with Crippen LogP contribution in [0.15, 0.2) is 48.5 Å². The average molecular weight is 383 g/mol. The molecular formula is C22H25NO5. The van der Waals surface area contributed by atoms with Crippen LogP contribution < -0.4 is 9.47 Å². The van der Waals surface area contributed by atoms with Crippen molar-refractivity contribution in [3.05, 3.63) is 59.7 Å². The second-order valence-corrected chi connectivity index (χ2v) is 6.88. The molecule has 0 aliphatic carbocycles. The molecule has 2 aromatic carbocycles. The van der Waals surface area contributed by atoms with Gasteiger partial charge in [0.1, 0.15) is 11.5 Å². The fourth-order valence-electron chi connectivity index (χ4n) is 3.57. The number of benzene rings is 2. The summed E-state index contributed by atoms with van der Waals surface area (Å²) in [6.45, 7) is 3.01. The first-order valence-electron chi connectivity index (χ1n) is 9.43. The Hall–Kier alpha value is -3.02. The maximum Gasteiger partial charge on any atom is 0.308 e. The SMILES string of the molecule is CCCOc1cc(OC)ccc1C(=O)N1CC(C(=O)O)C(c2ccccc2)C1. The van der Waals surface area contributed by atoms with Gasteiger partial charge in [-0.3, -0.25) is 9.59 Å². The van der Waals surface area contributed by atoms with Gasteiger partial charge >= 0.3 is 5.97 Å². The number of carbonyl (C=O) groups is 2. The van der Waals surface area contributed by atoms with Crippen LogP contribution in [0.4, 0.5) is 0 Å². The van der Waals surface area contributed by atoms with Crippen molar-refractivity contribution in [2.24, 2.45) is 5.92 Å². The van der Waals surface area contributed by atoms with Crippen LogP contribution in [0.1, 0.15) is 35.2 Å². The van der Waals surface area contributed by atoms with Gasteiger partial charge in [-0.15, -0.1) is 0 Å². The zero-order valence-electron chi connectivity index (χ0n) is 16.1. The molecule has 148 valence electrons. The number of methoxy groups -OCH3 is 1. The second-order valence-electron chi connectivity index (χ2n) is 6.88. The Morgan fingerprint density at radius 3 is 2.54 bits per heavy atom. The number of carbonyl (C=O) groups excluding carboxylic acids is 1. The third kappa shape index (κ3) is 4.11. The van der Waals surface area contributed by atoms with Crippen LogP contribution in [-0.4, -0.2) is 48.7 Å². The van der Waals surface area contributed by atoms with Crippen molar-refractivity contribution in [1.29, 1.82) is 0 Å². The van der Waals surface area contributed by atoms with Crippen molar-refractivity contribution in [2.75, 3.05) is 26.8 Å². The molecule has 1 N–H and O–H groups in total. The van der Waals surface area contributed by atoms with E-state index < -0.39 is 11.9 Å². The van der Waals surface area contributed by atoms with Crippen LogP contribution >= 0.6 is 0 Å². The Morgan fingerprint density at radius 2 is 1.89 bits per heavy atom. The molecule has 0 radical (unpaired) electrons. The number of carboxylic acids is 1. The lowest BCUT2D eigenvalue weighted by molar-refractivity contribution is -0.141. The number of nitrogens with zero attached hydrogens (tertiary/aromatic N) is 1. The minimum absolute atomic E-state index is 0.174. The van der Waals surface area contributed by atoms with Gasteiger partial charge in [-0.05, 0) is 24.1 Å². The molecule has 1 fully saturated rings. The molecule has 0 saturated carbocycles. The third-order valence-electron chi connectivity index (χ3n) is 5.03. The largest absolute Gasteiger partial charge is 0.497 e. The van der Waals surface area contributed by atoms with Crippen molar-refractivity contribution in [2.45, 2.75) is 19.3 Å². The maximum atomic E-state index is 13.2. The van der Waals surface area contributed by atoms with Gasteiger partial charge in [0.15, 0.2) is 0 Å². The van der Waals surface area contributed by atoms with Crippen molar-refractivity contribution < 1.29 is 24.2 Å². The quantitative estimate of drug-likeness (QED) is 0.793. The Morgan fingerprint density at radius 1 is 1.14 bits per heavy atom. The standard InChI is InChI=1S/C22H25NO5/c1-3-11-28-20-12-16(27-2)9-10-17(20)21(24)23-13-18(19(14-23)22(25)26)15-7-5-4-6-8-15/h4-10,12,18-19H,3,11,13-14H2,1-2H3,(H,25,26). The highest BCUT2D eigenvalue weighted by Crippen LogP contribution is 2.35. The lowest BCUT2D eigenvalue weighted by atomic mass is 9.89. The van der Waals surface area contributed by atoms with Gasteiger partial charge in [0.25, 0.3) is 5.91 Å². The van der Waals surface area contributed by atoms with Gasteiger partial charge in [-0.1, -0.05) is 37.3 Å². The molecule has 28 heavy (non-hydrogen) atoms. The Kier molecular flexibility index (Phi) is 6.19. The highest BCUT2D eigenvalue weighted by atomic mass is 16.5. The summed E-state index contributed by atoms with van der Waals surface area (Å²) in [5.74, 6) is -0.916. The van der Waals surface area contributed by atoms with Crippen LogP contribution in [0.2, 0.25) is 0 Å². The fraction of sp³-hybridized carbons (Fsp3) is 0.364. The van der Waals surface area contributed by atoms with Gasteiger partial charge in [-0.2, -0.15) is 0 Å². The second kappa shape index (κ2) is 8.78. The van der Waals surface area contributed by atoms with E-state index in [0.29, 0.717) is 30.2 Å². The molecule has 0 spiro atoms. The number of likely N-dealkylation sites (tertiary alicyclic amines) is 1. The number of hydrogen-bond acceptors (Lipinski definition) is 4. The molecular weight excluding hydrogens is 358 g/mol. The molecule has 1 heterocycles. The van der Waals surface area contributed by atoms with E-state index in [1.807, 2.05) is 37.3 Å². The summed E-state index contributed by atoms with van der Waals surface area (Å²) < 4.78 is 11.0. The van der Waals surface area contributed by atoms with E-state index in [-0.39, 0.29) is 18.4 Å². The molecule has 1 saturated heterocycles. The molecule has 2 aromatic rings. The first-order chi connectivity index (χ1) is 13.5. The van der Waals surface area contributed by atoms with Crippen LogP contribution in [0.25, 0.3) is 0 Å². The first-order valence-corrected chi connectivity index (χ1v) is 9.43. The molecule has 2 atom stereocenters. The highest BCUT2D eigenvalue weighted by molar-refractivity contribution is 5.97. The molecule has 6 nitrogen and oxygen atoms in total. The first kappa shape index (κ1) is 19.7. The minimum atomic E-state index is -0.888. The number of ether oxygens (including phenoxy) is 2. The Balaban J connectivity index is 1.87. The lowest BCUT2D eigenvalue weighted by Gasteiger charge is -2.19. The number of hydrogen-bond donors (Lipinski definition) is 1. The van der Waals surface area contributed by atoms with Crippen LogP contribution in [0.3, 0.4) is 0 Å². The van der Waals surface area contributed by atoms with Crippen LogP contribution in [0.5, 0.6) is 11.5 Å². The van der Waals surface area contributed by atoms with Crippen LogP contribution in [-0.2, 0) is 4.79 Å². The molecule has 6 heteroatoms. The molecule has 1 amide bonds. The van der Waals surface area contributed by atoms with Crippen LogP contribution in [0, 0.1) is 5.92 Å². The monoisotopic (exact) mass is 383 g/mol. The number of rotatable bonds is 7. The fourth-order valence-corrected chi connectivity index (χ4v) is 3.57. The van der Waals surface area contributed by atoms with E-state index in [2.05, 4.69) is 0 Å². The van der Waals surface area contributed by atoms with Crippen molar-refractivity contribution in [3.63, 3.8) is 0 Å². The molecule has 0 bridgehead atoms. The van der Waals surface area contributed by atoms with E-state index in [4.69, 9.17) is 9.47 Å².